The zero-order chi connectivity index (χ0) is 13.7. The van der Waals surface area contributed by atoms with Gasteiger partial charge in [0.15, 0.2) is 6.61 Å². The lowest BCUT2D eigenvalue weighted by molar-refractivity contribution is -0.123. The van der Waals surface area contributed by atoms with Crippen molar-refractivity contribution >= 4 is 5.91 Å². The first-order chi connectivity index (χ1) is 9.19. The van der Waals surface area contributed by atoms with Gasteiger partial charge in [-0.1, -0.05) is 18.2 Å². The van der Waals surface area contributed by atoms with Crippen molar-refractivity contribution in [3.63, 3.8) is 0 Å². The second kappa shape index (κ2) is 6.54. The Bertz CT molecular complexity index is 409. The predicted molar refractivity (Wildman–Crippen MR) is 69.7 cm³/mol. The van der Waals surface area contributed by atoms with Gasteiger partial charge in [0.1, 0.15) is 5.75 Å². The van der Waals surface area contributed by atoms with E-state index >= 15 is 0 Å². The molecule has 3 N–H and O–H groups in total. The smallest absolute Gasteiger partial charge is 0.258 e. The molecule has 1 saturated carbocycles. The van der Waals surface area contributed by atoms with Gasteiger partial charge in [-0.05, 0) is 25.0 Å². The van der Waals surface area contributed by atoms with E-state index < -0.39 is 6.10 Å². The summed E-state index contributed by atoms with van der Waals surface area (Å²) in [5.41, 5.74) is 0. The van der Waals surface area contributed by atoms with Gasteiger partial charge in [0.25, 0.3) is 5.91 Å². The van der Waals surface area contributed by atoms with Gasteiger partial charge in [-0.3, -0.25) is 4.79 Å². The standard InChI is InChI=1S/C14H19NO4/c16-8-10-6-11(7-13(10)17)15-14(18)9-19-12-4-2-1-3-5-12/h1-5,10-11,13,16-17H,6-9H2,(H,15,18)/t10-,11+,13+/m0/s1. The average molecular weight is 265 g/mol. The molecule has 2 rings (SSSR count). The fourth-order valence-corrected chi connectivity index (χ4v) is 2.35. The molecule has 0 bridgehead atoms. The summed E-state index contributed by atoms with van der Waals surface area (Å²) in [4.78, 5) is 11.7. The van der Waals surface area contributed by atoms with Crippen LogP contribution in [0.4, 0.5) is 0 Å². The molecule has 1 amide bonds. The Morgan fingerprint density at radius 2 is 2.05 bits per heavy atom. The second-order valence-electron chi connectivity index (χ2n) is 4.85. The number of amides is 1. The number of carbonyl (C=O) groups excluding carboxylic acids is 1. The second-order valence-corrected chi connectivity index (χ2v) is 4.85. The van der Waals surface area contributed by atoms with Crippen molar-refractivity contribution < 1.29 is 19.7 Å². The molecule has 1 aromatic carbocycles. The Kier molecular flexibility index (Phi) is 4.76. The molecular formula is C14H19NO4. The maximum absolute atomic E-state index is 11.7. The molecule has 104 valence electrons. The number of ether oxygens (including phenoxy) is 1. The van der Waals surface area contributed by atoms with E-state index in [2.05, 4.69) is 5.32 Å². The molecule has 0 heterocycles. The summed E-state index contributed by atoms with van der Waals surface area (Å²) in [6.07, 6.45) is 0.558. The van der Waals surface area contributed by atoms with E-state index in [0.29, 0.717) is 18.6 Å². The third kappa shape index (κ3) is 3.94. The lowest BCUT2D eigenvalue weighted by atomic mass is 10.1. The van der Waals surface area contributed by atoms with Crippen LogP contribution < -0.4 is 10.1 Å². The zero-order valence-corrected chi connectivity index (χ0v) is 10.7. The Balaban J connectivity index is 1.73. The van der Waals surface area contributed by atoms with Gasteiger partial charge in [0.05, 0.1) is 6.10 Å². The minimum atomic E-state index is -0.537. The normalized spacial score (nSPS) is 26.1. The van der Waals surface area contributed by atoms with Gasteiger partial charge in [-0.15, -0.1) is 0 Å². The van der Waals surface area contributed by atoms with E-state index in [1.807, 2.05) is 18.2 Å². The molecule has 1 aromatic rings. The first kappa shape index (κ1) is 13.8. The molecule has 19 heavy (non-hydrogen) atoms. The molecule has 1 aliphatic rings. The van der Waals surface area contributed by atoms with Crippen molar-refractivity contribution in [1.82, 2.24) is 5.32 Å². The SMILES string of the molecule is O=C(COc1ccccc1)N[C@@H]1C[C@@H](CO)[C@H](O)C1. The van der Waals surface area contributed by atoms with Gasteiger partial charge in [0.2, 0.25) is 0 Å². The van der Waals surface area contributed by atoms with Crippen LogP contribution in [0.3, 0.4) is 0 Å². The molecule has 0 aromatic heterocycles. The summed E-state index contributed by atoms with van der Waals surface area (Å²) < 4.78 is 5.33. The number of aliphatic hydroxyl groups is 2. The number of benzene rings is 1. The van der Waals surface area contributed by atoms with Crippen molar-refractivity contribution in [1.29, 1.82) is 0 Å². The molecule has 0 saturated heterocycles. The third-order valence-corrected chi connectivity index (χ3v) is 3.37. The van der Waals surface area contributed by atoms with E-state index in [9.17, 15) is 9.90 Å². The Morgan fingerprint density at radius 1 is 1.32 bits per heavy atom. The minimum Gasteiger partial charge on any atom is -0.484 e. The summed E-state index contributed by atoms with van der Waals surface area (Å²) >= 11 is 0. The molecule has 0 aliphatic heterocycles. The maximum atomic E-state index is 11.7. The third-order valence-electron chi connectivity index (χ3n) is 3.37. The van der Waals surface area contributed by atoms with Crippen LogP contribution in [0.2, 0.25) is 0 Å². The molecule has 0 radical (unpaired) electrons. The number of carbonyl (C=O) groups is 1. The Hall–Kier alpha value is -1.59. The Labute approximate surface area is 112 Å². The molecule has 0 unspecified atom stereocenters. The van der Waals surface area contributed by atoms with Crippen LogP contribution in [0.1, 0.15) is 12.8 Å². The fraction of sp³-hybridized carbons (Fsp3) is 0.500. The number of hydrogen-bond acceptors (Lipinski definition) is 4. The average Bonchev–Trinajstić information content (AvgIpc) is 2.77. The van der Waals surface area contributed by atoms with Crippen LogP contribution >= 0.6 is 0 Å². The molecule has 0 spiro atoms. The van der Waals surface area contributed by atoms with E-state index in [0.717, 1.165) is 0 Å². The summed E-state index contributed by atoms with van der Waals surface area (Å²) in [6, 6.07) is 9.04. The zero-order valence-electron chi connectivity index (χ0n) is 10.7. The van der Waals surface area contributed by atoms with Crippen LogP contribution in [-0.4, -0.2) is 41.5 Å². The molecule has 5 nitrogen and oxygen atoms in total. The fourth-order valence-electron chi connectivity index (χ4n) is 2.35. The lowest BCUT2D eigenvalue weighted by Crippen LogP contribution is -2.36. The molecular weight excluding hydrogens is 246 g/mol. The molecule has 1 aliphatic carbocycles. The van der Waals surface area contributed by atoms with Crippen molar-refractivity contribution in [3.8, 4) is 5.75 Å². The highest BCUT2D eigenvalue weighted by atomic mass is 16.5. The summed E-state index contributed by atoms with van der Waals surface area (Å²) in [5, 5.41) is 21.5. The predicted octanol–water partition coefficient (Wildman–Crippen LogP) is 0.313. The number of hydrogen-bond donors (Lipinski definition) is 3. The first-order valence-electron chi connectivity index (χ1n) is 6.45. The quantitative estimate of drug-likeness (QED) is 0.716. The van der Waals surface area contributed by atoms with Crippen molar-refractivity contribution in [2.45, 2.75) is 25.0 Å². The largest absolute Gasteiger partial charge is 0.484 e. The number of aliphatic hydroxyl groups excluding tert-OH is 2. The van der Waals surface area contributed by atoms with Gasteiger partial charge < -0.3 is 20.3 Å². The Morgan fingerprint density at radius 3 is 2.68 bits per heavy atom. The highest BCUT2D eigenvalue weighted by Crippen LogP contribution is 2.25. The summed E-state index contributed by atoms with van der Waals surface area (Å²) in [7, 11) is 0. The molecule has 5 heteroatoms. The number of nitrogens with one attached hydrogen (secondary N) is 1. The van der Waals surface area contributed by atoms with Crippen LogP contribution in [0.5, 0.6) is 5.75 Å². The topological polar surface area (TPSA) is 78.8 Å². The monoisotopic (exact) mass is 265 g/mol. The van der Waals surface area contributed by atoms with E-state index in [1.54, 1.807) is 12.1 Å². The van der Waals surface area contributed by atoms with Gasteiger partial charge in [-0.25, -0.2) is 0 Å². The van der Waals surface area contributed by atoms with Gasteiger partial charge in [0, 0.05) is 18.6 Å². The van der Waals surface area contributed by atoms with E-state index in [4.69, 9.17) is 9.84 Å². The van der Waals surface area contributed by atoms with Crippen molar-refractivity contribution in [3.05, 3.63) is 30.3 Å². The highest BCUT2D eigenvalue weighted by molar-refractivity contribution is 5.77. The van der Waals surface area contributed by atoms with Crippen LogP contribution in [-0.2, 0) is 4.79 Å². The minimum absolute atomic E-state index is 0.0413. The van der Waals surface area contributed by atoms with Gasteiger partial charge >= 0.3 is 0 Å². The number of para-hydroxylation sites is 1. The lowest BCUT2D eigenvalue weighted by Gasteiger charge is -2.13. The van der Waals surface area contributed by atoms with Crippen LogP contribution in [0.25, 0.3) is 0 Å². The number of rotatable bonds is 5. The molecule has 3 atom stereocenters. The molecule has 1 fully saturated rings. The van der Waals surface area contributed by atoms with Crippen molar-refractivity contribution in [2.24, 2.45) is 5.92 Å². The van der Waals surface area contributed by atoms with E-state index in [-0.39, 0.29) is 31.1 Å². The van der Waals surface area contributed by atoms with Crippen LogP contribution in [0.15, 0.2) is 30.3 Å². The van der Waals surface area contributed by atoms with E-state index in [1.165, 1.54) is 0 Å². The highest BCUT2D eigenvalue weighted by Gasteiger charge is 2.33. The summed E-state index contributed by atoms with van der Waals surface area (Å²) in [5.74, 6) is 0.303. The summed E-state index contributed by atoms with van der Waals surface area (Å²) in [6.45, 7) is -0.0888. The van der Waals surface area contributed by atoms with Gasteiger partial charge in [-0.2, -0.15) is 0 Å². The van der Waals surface area contributed by atoms with Crippen molar-refractivity contribution in [2.75, 3.05) is 13.2 Å². The first-order valence-corrected chi connectivity index (χ1v) is 6.45. The van der Waals surface area contributed by atoms with Crippen LogP contribution in [0, 0.1) is 5.92 Å². The maximum Gasteiger partial charge on any atom is 0.258 e.